The molecule has 1 aliphatic rings. The van der Waals surface area contributed by atoms with Crippen molar-refractivity contribution in [3.63, 3.8) is 0 Å². The number of likely N-dealkylation sites (N-methyl/N-ethyl adjacent to an activating group) is 1. The molecule has 1 aliphatic heterocycles. The molecule has 64 valence electrons. The van der Waals surface area contributed by atoms with Gasteiger partial charge in [0.05, 0.1) is 0 Å². The minimum atomic E-state index is -0.801. The molecule has 4 nitrogen and oxygen atoms in total. The van der Waals surface area contributed by atoms with Gasteiger partial charge in [0.1, 0.15) is 0 Å². The van der Waals surface area contributed by atoms with Crippen molar-refractivity contribution in [3.8, 4) is 0 Å². The molecule has 1 fully saturated rings. The summed E-state index contributed by atoms with van der Waals surface area (Å²) in [6.07, 6.45) is 0.144. The summed E-state index contributed by atoms with van der Waals surface area (Å²) in [5.74, 6) is 0. The van der Waals surface area contributed by atoms with Gasteiger partial charge < -0.3 is 15.3 Å². The van der Waals surface area contributed by atoms with E-state index in [2.05, 4.69) is 5.32 Å². The van der Waals surface area contributed by atoms with Crippen molar-refractivity contribution in [2.45, 2.75) is 19.4 Å². The molecule has 1 rings (SSSR count). The highest BCUT2D eigenvalue weighted by molar-refractivity contribution is 5.65. The second-order valence-corrected chi connectivity index (χ2v) is 2.77. The Morgan fingerprint density at radius 2 is 2.55 bits per heavy atom. The van der Waals surface area contributed by atoms with Gasteiger partial charge in [0.25, 0.3) is 0 Å². The number of carboxylic acid groups (broad SMARTS) is 1. The second kappa shape index (κ2) is 3.57. The molecular formula is C7H14N2O2. The Bertz CT molecular complexity index is 149. The van der Waals surface area contributed by atoms with E-state index in [-0.39, 0.29) is 0 Å². The van der Waals surface area contributed by atoms with E-state index in [0.29, 0.717) is 19.1 Å². The Hall–Kier alpha value is -0.770. The van der Waals surface area contributed by atoms with E-state index < -0.39 is 6.09 Å². The first-order valence-electron chi connectivity index (χ1n) is 3.95. The zero-order valence-corrected chi connectivity index (χ0v) is 6.71. The maximum absolute atomic E-state index is 10.4. The quantitative estimate of drug-likeness (QED) is 0.609. The number of nitrogens with zero attached hydrogens (tertiary/aromatic N) is 1. The minimum Gasteiger partial charge on any atom is -0.465 e. The molecule has 4 heteroatoms. The number of nitrogens with one attached hydrogen (secondary N) is 1. The van der Waals surface area contributed by atoms with Crippen LogP contribution in [0, 0.1) is 0 Å². The van der Waals surface area contributed by atoms with E-state index in [1.807, 2.05) is 6.92 Å². The van der Waals surface area contributed by atoms with Crippen LogP contribution in [0.15, 0.2) is 0 Å². The molecule has 0 radical (unpaired) electrons. The minimum absolute atomic E-state index is 0.371. The fourth-order valence-corrected chi connectivity index (χ4v) is 1.39. The lowest BCUT2D eigenvalue weighted by Crippen LogP contribution is -2.34. The number of carbonyl (C=O) groups is 1. The van der Waals surface area contributed by atoms with Crippen molar-refractivity contribution >= 4 is 6.09 Å². The molecule has 0 aromatic carbocycles. The first kappa shape index (κ1) is 8.33. The third-order valence-corrected chi connectivity index (χ3v) is 1.95. The third kappa shape index (κ3) is 2.08. The highest BCUT2D eigenvalue weighted by atomic mass is 16.4. The molecule has 1 amide bonds. The molecule has 0 saturated carbocycles. The Morgan fingerprint density at radius 3 is 3.00 bits per heavy atom. The molecule has 0 bridgehead atoms. The summed E-state index contributed by atoms with van der Waals surface area (Å²) in [6, 6.07) is 0.371. The SMILES string of the molecule is CCN[C@H]1CCN(C(=O)O)C1. The molecule has 0 aliphatic carbocycles. The Kier molecular flexibility index (Phi) is 2.70. The lowest BCUT2D eigenvalue weighted by molar-refractivity contribution is 0.154. The largest absolute Gasteiger partial charge is 0.465 e. The van der Waals surface area contributed by atoms with Crippen LogP contribution < -0.4 is 5.32 Å². The van der Waals surface area contributed by atoms with Gasteiger partial charge in [-0.25, -0.2) is 4.79 Å². The fraction of sp³-hybridized carbons (Fsp3) is 0.857. The van der Waals surface area contributed by atoms with Gasteiger partial charge in [0, 0.05) is 19.1 Å². The van der Waals surface area contributed by atoms with Crippen LogP contribution in [0.1, 0.15) is 13.3 Å². The summed E-state index contributed by atoms with van der Waals surface area (Å²) in [5.41, 5.74) is 0. The van der Waals surface area contributed by atoms with Crippen molar-refractivity contribution in [1.29, 1.82) is 0 Å². The summed E-state index contributed by atoms with van der Waals surface area (Å²) in [5, 5.41) is 11.8. The van der Waals surface area contributed by atoms with E-state index in [1.54, 1.807) is 0 Å². The first-order valence-corrected chi connectivity index (χ1v) is 3.95. The van der Waals surface area contributed by atoms with Crippen LogP contribution in [-0.2, 0) is 0 Å². The molecule has 0 unspecified atom stereocenters. The molecule has 1 saturated heterocycles. The lowest BCUT2D eigenvalue weighted by atomic mass is 10.3. The highest BCUT2D eigenvalue weighted by Crippen LogP contribution is 2.08. The topological polar surface area (TPSA) is 52.6 Å². The van der Waals surface area contributed by atoms with E-state index >= 15 is 0 Å². The van der Waals surface area contributed by atoms with Gasteiger partial charge in [-0.15, -0.1) is 0 Å². The summed E-state index contributed by atoms with van der Waals surface area (Å²) in [7, 11) is 0. The van der Waals surface area contributed by atoms with E-state index in [0.717, 1.165) is 13.0 Å². The summed E-state index contributed by atoms with van der Waals surface area (Å²) < 4.78 is 0. The second-order valence-electron chi connectivity index (χ2n) is 2.77. The number of amides is 1. The first-order chi connectivity index (χ1) is 5.24. The van der Waals surface area contributed by atoms with Crippen LogP contribution >= 0.6 is 0 Å². The molecular weight excluding hydrogens is 144 g/mol. The van der Waals surface area contributed by atoms with Gasteiger partial charge in [-0.05, 0) is 13.0 Å². The monoisotopic (exact) mass is 158 g/mol. The summed E-state index contributed by atoms with van der Waals surface area (Å²) in [4.78, 5) is 11.9. The molecule has 1 heterocycles. The maximum Gasteiger partial charge on any atom is 0.407 e. The lowest BCUT2D eigenvalue weighted by Gasteiger charge is -2.12. The van der Waals surface area contributed by atoms with Gasteiger partial charge >= 0.3 is 6.09 Å². The predicted octanol–water partition coefficient (Wildman–Crippen LogP) is 0.348. The van der Waals surface area contributed by atoms with Crippen molar-refractivity contribution in [1.82, 2.24) is 10.2 Å². The van der Waals surface area contributed by atoms with Crippen molar-refractivity contribution < 1.29 is 9.90 Å². The molecule has 1 atom stereocenters. The predicted molar refractivity (Wildman–Crippen MR) is 41.7 cm³/mol. The third-order valence-electron chi connectivity index (χ3n) is 1.95. The van der Waals surface area contributed by atoms with Crippen LogP contribution in [0.4, 0.5) is 4.79 Å². The van der Waals surface area contributed by atoms with Gasteiger partial charge in [-0.3, -0.25) is 0 Å². The number of hydrogen-bond donors (Lipinski definition) is 2. The molecule has 2 N–H and O–H groups in total. The fourth-order valence-electron chi connectivity index (χ4n) is 1.39. The van der Waals surface area contributed by atoms with Gasteiger partial charge in [-0.1, -0.05) is 6.92 Å². The van der Waals surface area contributed by atoms with Gasteiger partial charge in [-0.2, -0.15) is 0 Å². The van der Waals surface area contributed by atoms with Crippen molar-refractivity contribution in [2.24, 2.45) is 0 Å². The summed E-state index contributed by atoms with van der Waals surface area (Å²) >= 11 is 0. The van der Waals surface area contributed by atoms with E-state index in [9.17, 15) is 4.79 Å². The molecule has 0 aromatic heterocycles. The zero-order chi connectivity index (χ0) is 8.27. The average molecular weight is 158 g/mol. The van der Waals surface area contributed by atoms with Gasteiger partial charge in [0.15, 0.2) is 0 Å². The summed E-state index contributed by atoms with van der Waals surface area (Å²) in [6.45, 7) is 4.26. The van der Waals surface area contributed by atoms with Gasteiger partial charge in [0.2, 0.25) is 0 Å². The number of hydrogen-bond acceptors (Lipinski definition) is 2. The standard InChI is InChI=1S/C7H14N2O2/c1-2-8-6-3-4-9(5-6)7(10)11/h6,8H,2-5H2,1H3,(H,10,11)/t6-/m0/s1. The van der Waals surface area contributed by atoms with Crippen LogP contribution in [0.25, 0.3) is 0 Å². The Morgan fingerprint density at radius 1 is 1.82 bits per heavy atom. The zero-order valence-electron chi connectivity index (χ0n) is 6.71. The van der Waals surface area contributed by atoms with E-state index in [4.69, 9.17) is 5.11 Å². The van der Waals surface area contributed by atoms with Crippen molar-refractivity contribution in [2.75, 3.05) is 19.6 Å². The number of likely N-dealkylation sites (tertiary alicyclic amines) is 1. The average Bonchev–Trinajstić information content (AvgIpc) is 2.37. The highest BCUT2D eigenvalue weighted by Gasteiger charge is 2.24. The van der Waals surface area contributed by atoms with Crippen LogP contribution in [0.2, 0.25) is 0 Å². The van der Waals surface area contributed by atoms with E-state index in [1.165, 1.54) is 4.90 Å². The van der Waals surface area contributed by atoms with Crippen molar-refractivity contribution in [3.05, 3.63) is 0 Å². The molecule has 0 aromatic rings. The Labute approximate surface area is 66.2 Å². The Balaban J connectivity index is 2.29. The maximum atomic E-state index is 10.4. The molecule has 11 heavy (non-hydrogen) atoms. The smallest absolute Gasteiger partial charge is 0.407 e. The normalized spacial score (nSPS) is 24.1. The molecule has 0 spiro atoms. The van der Waals surface area contributed by atoms with Crippen LogP contribution in [0.3, 0.4) is 0 Å². The number of rotatable bonds is 2. The van der Waals surface area contributed by atoms with Crippen LogP contribution in [0.5, 0.6) is 0 Å². The van der Waals surface area contributed by atoms with Crippen LogP contribution in [-0.4, -0.2) is 41.8 Å².